The molecule has 3 aromatic rings. The number of amides is 4. The second-order valence-electron chi connectivity index (χ2n) is 17.6. The van der Waals surface area contributed by atoms with E-state index in [0.29, 0.717) is 47.9 Å². The van der Waals surface area contributed by atoms with E-state index in [2.05, 4.69) is 74.4 Å². The molecule has 2 heterocycles. The minimum absolute atomic E-state index is 0.00677. The Morgan fingerprint density at radius 2 is 1.50 bits per heavy atom. The summed E-state index contributed by atoms with van der Waals surface area (Å²) in [6.07, 6.45) is 8.80. The van der Waals surface area contributed by atoms with Crippen molar-refractivity contribution in [2.45, 2.75) is 146 Å². The number of nitrogens with one attached hydrogen (secondary N) is 6. The highest BCUT2D eigenvalue weighted by Gasteiger charge is 2.28. The topological polar surface area (TPSA) is 198 Å². The van der Waals surface area contributed by atoms with Gasteiger partial charge in [0.15, 0.2) is 6.61 Å². The van der Waals surface area contributed by atoms with Gasteiger partial charge < -0.3 is 31.5 Å². The van der Waals surface area contributed by atoms with E-state index in [9.17, 15) is 19.2 Å². The maximum Gasteiger partial charge on any atom is 0.257 e. The van der Waals surface area contributed by atoms with Crippen LogP contribution < -0.4 is 26.0 Å². The smallest absolute Gasteiger partial charge is 0.257 e. The van der Waals surface area contributed by atoms with Crippen molar-refractivity contribution in [3.05, 3.63) is 85.6 Å². The number of unbranched alkanes of at least 4 members (excludes halogenated alkanes) is 5. The number of aryl methyl sites for hydroxylation is 3. The Morgan fingerprint density at radius 3 is 2.01 bits per heavy atom. The average molecular weight is 974 g/mol. The van der Waals surface area contributed by atoms with Gasteiger partial charge >= 0.3 is 0 Å². The van der Waals surface area contributed by atoms with Crippen LogP contribution in [0.25, 0.3) is 5.70 Å². The van der Waals surface area contributed by atoms with Crippen molar-refractivity contribution >= 4 is 80.8 Å². The molecule has 0 spiro atoms. The molecular weight excluding hydrogens is 896 g/mol. The molecule has 13 nitrogen and oxygen atoms in total. The molecule has 1 fully saturated rings. The number of carbonyl (C=O) groups excluding carboxylic acids is 4. The molecule has 1 aromatic heterocycles. The summed E-state index contributed by atoms with van der Waals surface area (Å²) in [6, 6.07) is 10.8. The number of rotatable bonds is 23. The first-order valence-electron chi connectivity index (χ1n) is 23.7. The summed E-state index contributed by atoms with van der Waals surface area (Å²) in [7, 11) is 0. The van der Waals surface area contributed by atoms with Crippen molar-refractivity contribution in [2.24, 2.45) is 15.9 Å². The molecule has 0 radical (unpaired) electrons. The standard InChI is InChI=1S/C31H47N5O5.C17H19ClN2S.C5H11N/c1-20(2)22(4)35-30-21(3)13-15-26(29(30)23(5)34-25-14-16-27(38)36-31(25)40)41-19-28(39)33-18-12-10-8-7-9-11-17-32-24(6)37;1-10(19)9-20-17(14-5-7-15(18)8-6-14)16-11(2)12(3)21-13(16)4;1-3-4-5(2)6/h13,15,20,25,34H,5,7-12,14,16-19H2,1-4,6H3,(H,32,37)(H,33,39)(H,36,38,40);5-8,19H,9H2,1-4H3;6H,3-4H2,1-2H3. The molecule has 1 atom stereocenters. The molecule has 2 aromatic carbocycles. The van der Waals surface area contributed by atoms with Crippen molar-refractivity contribution in [3.8, 4) is 5.75 Å². The van der Waals surface area contributed by atoms with E-state index >= 15 is 0 Å². The fourth-order valence-corrected chi connectivity index (χ4v) is 8.12. The Balaban J connectivity index is 0.000000484. The summed E-state index contributed by atoms with van der Waals surface area (Å²) < 4.78 is 5.97. The van der Waals surface area contributed by atoms with Crippen molar-refractivity contribution in [2.75, 3.05) is 26.2 Å². The number of hydrogen-bond acceptors (Lipinski definition) is 11. The van der Waals surface area contributed by atoms with E-state index < -0.39 is 11.9 Å². The maximum absolute atomic E-state index is 12.5. The minimum Gasteiger partial charge on any atom is -0.483 e. The first-order chi connectivity index (χ1) is 32.2. The van der Waals surface area contributed by atoms with Crippen LogP contribution in [0.5, 0.6) is 5.75 Å². The Kier molecular flexibility index (Phi) is 26.6. The van der Waals surface area contributed by atoms with Gasteiger partial charge in [-0.2, -0.15) is 0 Å². The van der Waals surface area contributed by atoms with E-state index in [0.717, 1.165) is 91.2 Å². The lowest BCUT2D eigenvalue weighted by Gasteiger charge is -2.25. The largest absolute Gasteiger partial charge is 0.483 e. The number of hydrogen-bond donors (Lipinski definition) is 6. The Bertz CT molecular complexity index is 2260. The molecule has 68 heavy (non-hydrogen) atoms. The van der Waals surface area contributed by atoms with Gasteiger partial charge in [0.05, 0.1) is 23.5 Å². The molecule has 0 saturated carbocycles. The Labute approximate surface area is 414 Å². The van der Waals surface area contributed by atoms with Crippen LogP contribution >= 0.6 is 22.9 Å². The molecule has 0 bridgehead atoms. The summed E-state index contributed by atoms with van der Waals surface area (Å²) in [5.41, 5.74) is 9.32. The van der Waals surface area contributed by atoms with Gasteiger partial charge in [-0.05, 0) is 109 Å². The van der Waals surface area contributed by atoms with Crippen LogP contribution in [0.2, 0.25) is 5.02 Å². The van der Waals surface area contributed by atoms with E-state index in [4.69, 9.17) is 32.1 Å². The van der Waals surface area contributed by atoms with Crippen LogP contribution in [0.3, 0.4) is 0 Å². The molecule has 1 saturated heterocycles. The molecule has 0 aliphatic carbocycles. The number of imide groups is 1. The molecule has 4 amide bonds. The second-order valence-corrected chi connectivity index (χ2v) is 19.4. The van der Waals surface area contributed by atoms with Crippen LogP contribution in [0.15, 0.2) is 53.0 Å². The van der Waals surface area contributed by atoms with E-state index in [1.54, 1.807) is 24.3 Å². The summed E-state index contributed by atoms with van der Waals surface area (Å²) >= 11 is 7.78. The highest BCUT2D eigenvalue weighted by atomic mass is 35.5. The van der Waals surface area contributed by atoms with Crippen LogP contribution in [-0.2, 0) is 19.2 Å². The molecule has 372 valence electrons. The number of benzene rings is 2. The zero-order valence-corrected chi connectivity index (χ0v) is 44.0. The zero-order valence-electron chi connectivity index (χ0n) is 42.4. The number of aliphatic imine (C=N–C) groups is 2. The SMILES string of the molecule is C=C(NC1CCC(=O)NC1=O)c1c(OCC(=O)NCCCCCCCCNC(C)=O)ccc(C)c1N=C(C)C(C)C.CC(=N)CN=C(c1ccc(Cl)cc1)c1c(C)sc(C)c1C.CCCC(C)=N. The van der Waals surface area contributed by atoms with E-state index in [1.807, 2.05) is 51.1 Å². The lowest BCUT2D eigenvalue weighted by molar-refractivity contribution is -0.134. The van der Waals surface area contributed by atoms with Gasteiger partial charge in [0.1, 0.15) is 11.8 Å². The van der Waals surface area contributed by atoms with Crippen LogP contribution in [0.1, 0.15) is 150 Å². The van der Waals surface area contributed by atoms with Gasteiger partial charge in [0.2, 0.25) is 17.7 Å². The van der Waals surface area contributed by atoms with Crippen molar-refractivity contribution in [3.63, 3.8) is 0 Å². The first kappa shape index (κ1) is 58.7. The summed E-state index contributed by atoms with van der Waals surface area (Å²) in [5, 5.41) is 26.5. The van der Waals surface area contributed by atoms with Gasteiger partial charge in [0, 0.05) is 75.2 Å². The van der Waals surface area contributed by atoms with Crippen molar-refractivity contribution in [1.82, 2.24) is 21.3 Å². The number of halogens is 1. The van der Waals surface area contributed by atoms with Crippen LogP contribution in [-0.4, -0.2) is 78.8 Å². The Hall–Kier alpha value is -5.47. The first-order valence-corrected chi connectivity index (χ1v) is 24.9. The Morgan fingerprint density at radius 1 is 0.882 bits per heavy atom. The molecule has 1 aliphatic heterocycles. The fourth-order valence-electron chi connectivity index (χ4n) is 6.93. The van der Waals surface area contributed by atoms with Crippen molar-refractivity contribution < 1.29 is 23.9 Å². The predicted molar refractivity (Wildman–Crippen MR) is 284 cm³/mol. The lowest BCUT2D eigenvalue weighted by Crippen LogP contribution is -2.50. The van der Waals surface area contributed by atoms with Gasteiger partial charge in [-0.15, -0.1) is 11.3 Å². The van der Waals surface area contributed by atoms with Gasteiger partial charge in [-0.3, -0.25) is 34.5 Å². The highest BCUT2D eigenvalue weighted by molar-refractivity contribution is 7.12. The third-order valence-corrected chi connectivity index (χ3v) is 12.4. The quantitative estimate of drug-likeness (QED) is 0.0310. The third kappa shape index (κ3) is 21.2. The zero-order chi connectivity index (χ0) is 50.9. The molecule has 15 heteroatoms. The fraction of sp³-hybridized carbons (Fsp3) is 0.509. The molecule has 1 aliphatic rings. The molecule has 1 unspecified atom stereocenters. The number of carbonyl (C=O) groups is 4. The number of piperidine rings is 1. The summed E-state index contributed by atoms with van der Waals surface area (Å²) in [6.45, 7) is 27.4. The summed E-state index contributed by atoms with van der Waals surface area (Å²) in [4.78, 5) is 59.5. The number of nitrogens with zero attached hydrogens (tertiary/aromatic N) is 2. The van der Waals surface area contributed by atoms with Gasteiger partial charge in [-0.1, -0.05) is 89.3 Å². The molecule has 6 N–H and O–H groups in total. The molecule has 4 rings (SSSR count). The average Bonchev–Trinajstić information content (AvgIpc) is 3.52. The predicted octanol–water partition coefficient (Wildman–Crippen LogP) is 11.1. The van der Waals surface area contributed by atoms with E-state index in [-0.39, 0.29) is 36.7 Å². The van der Waals surface area contributed by atoms with Crippen molar-refractivity contribution in [1.29, 1.82) is 10.8 Å². The minimum atomic E-state index is -0.614. The number of ether oxygens (including phenoxy) is 1. The third-order valence-electron chi connectivity index (χ3n) is 11.0. The van der Waals surface area contributed by atoms with E-state index in [1.165, 1.54) is 27.8 Å². The monoisotopic (exact) mass is 973 g/mol. The van der Waals surface area contributed by atoms with Crippen LogP contribution in [0, 0.1) is 44.4 Å². The van der Waals surface area contributed by atoms with Gasteiger partial charge in [0.25, 0.3) is 5.91 Å². The lowest BCUT2D eigenvalue weighted by atomic mass is 9.98. The maximum atomic E-state index is 12.5. The van der Waals surface area contributed by atoms with Crippen LogP contribution in [0.4, 0.5) is 5.69 Å². The number of thiophene rings is 1. The summed E-state index contributed by atoms with van der Waals surface area (Å²) in [5.74, 6) is -0.250. The second kappa shape index (κ2) is 30.8. The highest BCUT2D eigenvalue weighted by Crippen LogP contribution is 2.37. The van der Waals surface area contributed by atoms with Gasteiger partial charge in [-0.25, -0.2) is 0 Å². The normalized spacial score (nSPS) is 13.6. The molecular formula is C53H77ClN8O5S.